The zero-order chi connectivity index (χ0) is 24.2. The predicted molar refractivity (Wildman–Crippen MR) is 127 cm³/mol. The number of hydrogen-bond acceptors (Lipinski definition) is 8. The molecule has 4 rings (SSSR count). The van der Waals surface area contributed by atoms with E-state index < -0.39 is 12.1 Å². The van der Waals surface area contributed by atoms with E-state index >= 15 is 0 Å². The van der Waals surface area contributed by atoms with Gasteiger partial charge in [0.25, 0.3) is 5.91 Å². The standard InChI is InChI=1S/C24H28N4O5S/c1-4-28-21-18(14-25-28)17(13-19(26-21)20-7-6-12-34-20)24(31)33-15(3)22(29)27-10-8-16(9-11-27)23(30)32-5-2/h6-7,12-16H,4-5,8-11H2,1-3H3. The molecule has 1 atom stereocenters. The van der Waals surface area contributed by atoms with Crippen LogP contribution in [0.5, 0.6) is 0 Å². The minimum atomic E-state index is -0.957. The molecular formula is C24H28N4O5S. The fourth-order valence-electron chi connectivity index (χ4n) is 4.13. The third-order valence-electron chi connectivity index (χ3n) is 5.96. The molecule has 1 amide bonds. The van der Waals surface area contributed by atoms with Gasteiger partial charge in [-0.25, -0.2) is 14.5 Å². The SMILES string of the molecule is CCOC(=O)C1CCN(C(=O)C(C)OC(=O)c2cc(-c3cccs3)nc3c2cnn3CC)CC1. The molecule has 0 saturated carbocycles. The Kier molecular flexibility index (Phi) is 7.26. The number of carbonyl (C=O) groups is 3. The quantitative estimate of drug-likeness (QED) is 0.473. The van der Waals surface area contributed by atoms with Crippen molar-refractivity contribution in [2.24, 2.45) is 5.92 Å². The highest BCUT2D eigenvalue weighted by Crippen LogP contribution is 2.29. The number of fused-ring (bicyclic) bond motifs is 1. The molecule has 1 unspecified atom stereocenters. The number of aromatic nitrogens is 3. The highest BCUT2D eigenvalue weighted by molar-refractivity contribution is 7.13. The predicted octanol–water partition coefficient (Wildman–Crippen LogP) is 3.53. The van der Waals surface area contributed by atoms with Gasteiger partial charge in [0.05, 0.1) is 40.2 Å². The van der Waals surface area contributed by atoms with E-state index in [1.54, 1.807) is 35.7 Å². The first-order valence-electron chi connectivity index (χ1n) is 11.5. The van der Waals surface area contributed by atoms with E-state index in [1.807, 2.05) is 24.4 Å². The van der Waals surface area contributed by atoms with Crippen LogP contribution in [-0.4, -0.2) is 63.3 Å². The average molecular weight is 485 g/mol. The Balaban J connectivity index is 1.49. The smallest absolute Gasteiger partial charge is 0.339 e. The summed E-state index contributed by atoms with van der Waals surface area (Å²) in [5, 5.41) is 6.87. The molecule has 1 fully saturated rings. The van der Waals surface area contributed by atoms with Crippen LogP contribution < -0.4 is 0 Å². The summed E-state index contributed by atoms with van der Waals surface area (Å²) in [7, 11) is 0. The maximum absolute atomic E-state index is 13.2. The lowest BCUT2D eigenvalue weighted by Gasteiger charge is -2.32. The zero-order valence-corrected chi connectivity index (χ0v) is 20.3. The number of pyridine rings is 1. The van der Waals surface area contributed by atoms with Gasteiger partial charge in [-0.1, -0.05) is 6.07 Å². The molecule has 180 valence electrons. The van der Waals surface area contributed by atoms with Gasteiger partial charge in [-0.3, -0.25) is 9.59 Å². The van der Waals surface area contributed by atoms with Crippen molar-refractivity contribution in [2.45, 2.75) is 46.3 Å². The van der Waals surface area contributed by atoms with Crippen LogP contribution in [0.4, 0.5) is 0 Å². The first-order valence-corrected chi connectivity index (χ1v) is 12.4. The third kappa shape index (κ3) is 4.82. The molecule has 3 aromatic rings. The molecule has 1 aliphatic heterocycles. The van der Waals surface area contributed by atoms with E-state index in [2.05, 4.69) is 5.10 Å². The van der Waals surface area contributed by atoms with Crippen LogP contribution in [0.2, 0.25) is 0 Å². The van der Waals surface area contributed by atoms with Crippen molar-refractivity contribution >= 4 is 40.2 Å². The Hall–Kier alpha value is -3.27. The summed E-state index contributed by atoms with van der Waals surface area (Å²) in [6.07, 6.45) is 1.72. The molecule has 0 aliphatic carbocycles. The van der Waals surface area contributed by atoms with Crippen LogP contribution in [0.15, 0.2) is 29.8 Å². The van der Waals surface area contributed by atoms with Crippen molar-refractivity contribution in [1.29, 1.82) is 0 Å². The van der Waals surface area contributed by atoms with Gasteiger partial charge in [-0.05, 0) is 51.1 Å². The maximum Gasteiger partial charge on any atom is 0.339 e. The van der Waals surface area contributed by atoms with Gasteiger partial charge in [0.2, 0.25) is 0 Å². The number of likely N-dealkylation sites (tertiary alicyclic amines) is 1. The number of ether oxygens (including phenoxy) is 2. The molecule has 9 nitrogen and oxygen atoms in total. The van der Waals surface area contributed by atoms with Crippen LogP contribution in [-0.2, 0) is 25.6 Å². The first-order chi connectivity index (χ1) is 16.4. The second-order valence-corrected chi connectivity index (χ2v) is 9.08. The number of esters is 2. The third-order valence-corrected chi connectivity index (χ3v) is 6.85. The number of thiophene rings is 1. The molecule has 0 bridgehead atoms. The number of carbonyl (C=O) groups excluding carboxylic acids is 3. The summed E-state index contributed by atoms with van der Waals surface area (Å²) in [5.41, 5.74) is 1.58. The topological polar surface area (TPSA) is 104 Å². The molecule has 0 radical (unpaired) electrons. The Morgan fingerprint density at radius 1 is 1.24 bits per heavy atom. The van der Waals surface area contributed by atoms with Gasteiger partial charge in [-0.15, -0.1) is 11.3 Å². The Labute approximate surface area is 201 Å². The minimum Gasteiger partial charge on any atom is -0.466 e. The average Bonchev–Trinajstić information content (AvgIpc) is 3.53. The van der Waals surface area contributed by atoms with E-state index in [1.165, 1.54) is 11.3 Å². The molecule has 1 saturated heterocycles. The van der Waals surface area contributed by atoms with Gasteiger partial charge >= 0.3 is 11.9 Å². The number of amides is 1. The van der Waals surface area contributed by atoms with Crippen LogP contribution >= 0.6 is 11.3 Å². The summed E-state index contributed by atoms with van der Waals surface area (Å²) < 4.78 is 12.4. The van der Waals surface area contributed by atoms with Crippen molar-refractivity contribution in [3.8, 4) is 10.6 Å². The number of nitrogens with zero attached hydrogens (tertiary/aromatic N) is 4. The van der Waals surface area contributed by atoms with E-state index in [0.29, 0.717) is 61.4 Å². The molecule has 34 heavy (non-hydrogen) atoms. The molecule has 0 aromatic carbocycles. The Morgan fingerprint density at radius 2 is 2.00 bits per heavy atom. The number of aryl methyl sites for hydroxylation is 1. The highest BCUT2D eigenvalue weighted by atomic mass is 32.1. The van der Waals surface area contributed by atoms with Gasteiger partial charge in [0.15, 0.2) is 11.8 Å². The fraction of sp³-hybridized carbons (Fsp3) is 0.458. The summed E-state index contributed by atoms with van der Waals surface area (Å²) in [5.74, 6) is -1.28. The molecular weight excluding hydrogens is 456 g/mol. The van der Waals surface area contributed by atoms with Crippen molar-refractivity contribution in [3.05, 3.63) is 35.3 Å². The van der Waals surface area contributed by atoms with Crippen molar-refractivity contribution in [1.82, 2.24) is 19.7 Å². The first kappa shape index (κ1) is 23.9. The highest BCUT2D eigenvalue weighted by Gasteiger charge is 2.32. The molecule has 0 spiro atoms. The molecule has 4 heterocycles. The molecule has 3 aromatic heterocycles. The minimum absolute atomic E-state index is 0.197. The summed E-state index contributed by atoms with van der Waals surface area (Å²) >= 11 is 1.53. The van der Waals surface area contributed by atoms with Crippen LogP contribution in [0, 0.1) is 5.92 Å². The van der Waals surface area contributed by atoms with Crippen LogP contribution in [0.25, 0.3) is 21.6 Å². The van der Waals surface area contributed by atoms with Crippen molar-refractivity contribution < 1.29 is 23.9 Å². The second kappa shape index (κ2) is 10.3. The maximum atomic E-state index is 13.2. The number of hydrogen-bond donors (Lipinski definition) is 0. The summed E-state index contributed by atoms with van der Waals surface area (Å²) in [4.78, 5) is 45.3. The van der Waals surface area contributed by atoms with Gasteiger partial charge in [0.1, 0.15) is 0 Å². The molecule has 1 aliphatic rings. The number of piperidine rings is 1. The fourth-order valence-corrected chi connectivity index (χ4v) is 4.81. The number of rotatable bonds is 7. The second-order valence-electron chi connectivity index (χ2n) is 8.13. The lowest BCUT2D eigenvalue weighted by Crippen LogP contribution is -2.45. The van der Waals surface area contributed by atoms with E-state index in [0.717, 1.165) is 4.88 Å². The van der Waals surface area contributed by atoms with Gasteiger partial charge in [-0.2, -0.15) is 5.10 Å². The molecule has 0 N–H and O–H groups in total. The largest absolute Gasteiger partial charge is 0.466 e. The van der Waals surface area contributed by atoms with Crippen molar-refractivity contribution in [3.63, 3.8) is 0 Å². The van der Waals surface area contributed by atoms with Gasteiger partial charge < -0.3 is 14.4 Å². The normalized spacial score (nSPS) is 15.3. The zero-order valence-electron chi connectivity index (χ0n) is 19.5. The van der Waals surface area contributed by atoms with E-state index in [-0.39, 0.29) is 17.8 Å². The van der Waals surface area contributed by atoms with Crippen LogP contribution in [0.1, 0.15) is 44.0 Å². The van der Waals surface area contributed by atoms with Gasteiger partial charge in [0, 0.05) is 19.6 Å². The summed E-state index contributed by atoms with van der Waals surface area (Å²) in [6.45, 7) is 7.11. The Morgan fingerprint density at radius 3 is 2.65 bits per heavy atom. The monoisotopic (exact) mass is 484 g/mol. The van der Waals surface area contributed by atoms with E-state index in [9.17, 15) is 14.4 Å². The Bertz CT molecular complexity index is 1180. The van der Waals surface area contributed by atoms with E-state index in [4.69, 9.17) is 14.5 Å². The van der Waals surface area contributed by atoms with Crippen molar-refractivity contribution in [2.75, 3.05) is 19.7 Å². The molecule has 10 heteroatoms. The summed E-state index contributed by atoms with van der Waals surface area (Å²) in [6, 6.07) is 5.56. The lowest BCUT2D eigenvalue weighted by molar-refractivity contribution is -0.152. The lowest BCUT2D eigenvalue weighted by atomic mass is 9.97. The van der Waals surface area contributed by atoms with Crippen LogP contribution in [0.3, 0.4) is 0 Å².